The van der Waals surface area contributed by atoms with Crippen molar-refractivity contribution in [2.45, 2.75) is 33.2 Å². The van der Waals surface area contributed by atoms with Crippen molar-refractivity contribution in [2.75, 3.05) is 32.7 Å². The average Bonchev–Trinajstić information content (AvgIpc) is 2.34. The molecule has 1 N–H and O–H groups in total. The Bertz CT molecular complexity index is 281. The Balaban J connectivity index is 2.66. The van der Waals surface area contributed by atoms with E-state index in [0.29, 0.717) is 19.6 Å². The molecule has 0 aromatic carbocycles. The van der Waals surface area contributed by atoms with Crippen molar-refractivity contribution >= 4 is 11.8 Å². The molecule has 0 aromatic rings. The molecule has 1 saturated heterocycles. The Morgan fingerprint density at radius 3 is 2.53 bits per heavy atom. The summed E-state index contributed by atoms with van der Waals surface area (Å²) in [4.78, 5) is 27.4. The van der Waals surface area contributed by atoms with E-state index in [2.05, 4.69) is 17.1 Å². The van der Waals surface area contributed by atoms with Crippen LogP contribution in [-0.4, -0.2) is 60.4 Å². The number of likely N-dealkylation sites (N-methyl/N-ethyl adjacent to an activating group) is 1. The lowest BCUT2D eigenvalue weighted by Gasteiger charge is -2.39. The monoisotopic (exact) mass is 241 g/mol. The van der Waals surface area contributed by atoms with E-state index in [1.165, 1.54) is 6.92 Å². The quantitative estimate of drug-likeness (QED) is 0.757. The Morgan fingerprint density at radius 2 is 2.00 bits per heavy atom. The number of amides is 2. The number of hydrogen-bond donors (Lipinski definition) is 1. The SMILES string of the molecule is CCCNC(=O)C1CN(CC)CCN1C(C)=O. The van der Waals surface area contributed by atoms with E-state index in [1.54, 1.807) is 4.90 Å². The molecule has 0 saturated carbocycles. The van der Waals surface area contributed by atoms with Gasteiger partial charge in [0.05, 0.1) is 0 Å². The Kier molecular flexibility index (Phi) is 5.41. The predicted octanol–water partition coefficient (Wildman–Crippen LogP) is 0.0652. The first-order valence-corrected chi connectivity index (χ1v) is 6.37. The van der Waals surface area contributed by atoms with Gasteiger partial charge in [0.1, 0.15) is 6.04 Å². The topological polar surface area (TPSA) is 52.7 Å². The minimum absolute atomic E-state index is 0.0163. The van der Waals surface area contributed by atoms with Crippen molar-refractivity contribution in [2.24, 2.45) is 0 Å². The molecular formula is C12H23N3O2. The fourth-order valence-electron chi connectivity index (χ4n) is 2.09. The van der Waals surface area contributed by atoms with Crippen LogP contribution in [0.2, 0.25) is 0 Å². The van der Waals surface area contributed by atoms with E-state index in [1.807, 2.05) is 6.92 Å². The second kappa shape index (κ2) is 6.59. The van der Waals surface area contributed by atoms with E-state index in [0.717, 1.165) is 19.5 Å². The molecule has 5 nitrogen and oxygen atoms in total. The molecule has 1 unspecified atom stereocenters. The minimum Gasteiger partial charge on any atom is -0.354 e. The van der Waals surface area contributed by atoms with Gasteiger partial charge in [0.25, 0.3) is 0 Å². The molecule has 1 aliphatic rings. The van der Waals surface area contributed by atoms with Crippen molar-refractivity contribution in [3.8, 4) is 0 Å². The second-order valence-corrected chi connectivity index (χ2v) is 4.41. The summed E-state index contributed by atoms with van der Waals surface area (Å²) in [6.07, 6.45) is 0.913. The lowest BCUT2D eigenvalue weighted by atomic mass is 10.1. The normalized spacial score (nSPS) is 21.4. The van der Waals surface area contributed by atoms with Gasteiger partial charge in [-0.3, -0.25) is 14.5 Å². The highest BCUT2D eigenvalue weighted by Crippen LogP contribution is 2.10. The number of nitrogens with one attached hydrogen (secondary N) is 1. The molecule has 1 heterocycles. The zero-order chi connectivity index (χ0) is 12.8. The molecule has 2 amide bonds. The minimum atomic E-state index is -0.326. The number of carbonyl (C=O) groups excluding carboxylic acids is 2. The van der Waals surface area contributed by atoms with E-state index in [4.69, 9.17) is 0 Å². The van der Waals surface area contributed by atoms with E-state index >= 15 is 0 Å². The first-order valence-electron chi connectivity index (χ1n) is 6.37. The summed E-state index contributed by atoms with van der Waals surface area (Å²) in [7, 11) is 0. The summed E-state index contributed by atoms with van der Waals surface area (Å²) in [5, 5.41) is 2.87. The molecule has 0 bridgehead atoms. The maximum atomic E-state index is 12.0. The van der Waals surface area contributed by atoms with Crippen LogP contribution in [0.1, 0.15) is 27.2 Å². The van der Waals surface area contributed by atoms with E-state index in [-0.39, 0.29) is 17.9 Å². The maximum Gasteiger partial charge on any atom is 0.244 e. The maximum absolute atomic E-state index is 12.0. The second-order valence-electron chi connectivity index (χ2n) is 4.41. The van der Waals surface area contributed by atoms with E-state index < -0.39 is 0 Å². The summed E-state index contributed by atoms with van der Waals surface area (Å²) in [5.74, 6) is -0.0439. The highest BCUT2D eigenvalue weighted by Gasteiger charge is 2.32. The van der Waals surface area contributed by atoms with Gasteiger partial charge < -0.3 is 10.2 Å². The third kappa shape index (κ3) is 3.70. The highest BCUT2D eigenvalue weighted by atomic mass is 16.2. The largest absolute Gasteiger partial charge is 0.354 e. The van der Waals surface area contributed by atoms with Gasteiger partial charge in [0.2, 0.25) is 11.8 Å². The molecule has 0 spiro atoms. The van der Waals surface area contributed by atoms with Gasteiger partial charge in [-0.25, -0.2) is 0 Å². The van der Waals surface area contributed by atoms with Crippen molar-refractivity contribution in [1.82, 2.24) is 15.1 Å². The lowest BCUT2D eigenvalue weighted by Crippen LogP contribution is -2.60. The number of piperazine rings is 1. The molecule has 0 aliphatic carbocycles. The summed E-state index contributed by atoms with van der Waals surface area (Å²) in [6, 6.07) is -0.326. The van der Waals surface area contributed by atoms with Gasteiger partial charge in [0.15, 0.2) is 0 Å². The van der Waals surface area contributed by atoms with Crippen LogP contribution in [0.5, 0.6) is 0 Å². The molecule has 1 fully saturated rings. The Morgan fingerprint density at radius 1 is 1.29 bits per heavy atom. The first kappa shape index (κ1) is 14.0. The molecule has 5 heteroatoms. The van der Waals surface area contributed by atoms with Crippen molar-refractivity contribution in [1.29, 1.82) is 0 Å². The third-order valence-electron chi connectivity index (χ3n) is 3.17. The van der Waals surface area contributed by atoms with Crippen LogP contribution < -0.4 is 5.32 Å². The highest BCUT2D eigenvalue weighted by molar-refractivity contribution is 5.87. The first-order chi connectivity index (χ1) is 8.10. The predicted molar refractivity (Wildman–Crippen MR) is 66.6 cm³/mol. The van der Waals surface area contributed by atoms with Crippen LogP contribution in [0.4, 0.5) is 0 Å². The molecule has 98 valence electrons. The molecule has 1 atom stereocenters. The molecular weight excluding hydrogens is 218 g/mol. The molecule has 0 radical (unpaired) electrons. The standard InChI is InChI=1S/C12H23N3O2/c1-4-6-13-12(17)11-9-14(5-2)7-8-15(11)10(3)16/h11H,4-9H2,1-3H3,(H,13,17). The fourth-order valence-corrected chi connectivity index (χ4v) is 2.09. The Hall–Kier alpha value is -1.10. The van der Waals surface area contributed by atoms with Gasteiger partial charge in [-0.2, -0.15) is 0 Å². The van der Waals surface area contributed by atoms with Gasteiger partial charge in [-0.1, -0.05) is 13.8 Å². The zero-order valence-electron chi connectivity index (χ0n) is 11.0. The summed E-state index contributed by atoms with van der Waals surface area (Å²) < 4.78 is 0. The van der Waals surface area contributed by atoms with Crippen molar-refractivity contribution in [3.05, 3.63) is 0 Å². The van der Waals surface area contributed by atoms with E-state index in [9.17, 15) is 9.59 Å². The molecule has 0 aromatic heterocycles. The smallest absolute Gasteiger partial charge is 0.244 e. The number of nitrogens with zero attached hydrogens (tertiary/aromatic N) is 2. The van der Waals surface area contributed by atoms with Crippen molar-refractivity contribution < 1.29 is 9.59 Å². The number of rotatable bonds is 4. The van der Waals surface area contributed by atoms with Crippen molar-refractivity contribution in [3.63, 3.8) is 0 Å². The zero-order valence-corrected chi connectivity index (χ0v) is 11.0. The number of hydrogen-bond acceptors (Lipinski definition) is 3. The van der Waals surface area contributed by atoms with Crippen LogP contribution in [0, 0.1) is 0 Å². The van der Waals surface area contributed by atoms with Gasteiger partial charge in [-0.15, -0.1) is 0 Å². The van der Waals surface area contributed by atoms with Crippen LogP contribution in [0.3, 0.4) is 0 Å². The van der Waals surface area contributed by atoms with Crippen LogP contribution in [-0.2, 0) is 9.59 Å². The Labute approximate surface area is 103 Å². The third-order valence-corrected chi connectivity index (χ3v) is 3.17. The molecule has 1 rings (SSSR count). The van der Waals surface area contributed by atoms with Crippen LogP contribution in [0.15, 0.2) is 0 Å². The molecule has 1 aliphatic heterocycles. The van der Waals surface area contributed by atoms with Crippen LogP contribution >= 0.6 is 0 Å². The molecule has 17 heavy (non-hydrogen) atoms. The van der Waals surface area contributed by atoms with Gasteiger partial charge in [-0.05, 0) is 13.0 Å². The number of carbonyl (C=O) groups is 2. The van der Waals surface area contributed by atoms with Gasteiger partial charge in [0, 0.05) is 33.1 Å². The van der Waals surface area contributed by atoms with Gasteiger partial charge >= 0.3 is 0 Å². The summed E-state index contributed by atoms with van der Waals surface area (Å²) in [6.45, 7) is 9.36. The summed E-state index contributed by atoms with van der Waals surface area (Å²) in [5.41, 5.74) is 0. The van der Waals surface area contributed by atoms with Crippen LogP contribution in [0.25, 0.3) is 0 Å². The summed E-state index contributed by atoms with van der Waals surface area (Å²) >= 11 is 0. The fraction of sp³-hybridized carbons (Fsp3) is 0.833. The lowest BCUT2D eigenvalue weighted by molar-refractivity contribution is -0.142. The average molecular weight is 241 g/mol.